The number of aromatic nitrogens is 2. The summed E-state index contributed by atoms with van der Waals surface area (Å²) in [5, 5.41) is 7.26. The maximum Gasteiger partial charge on any atom is 0.0535 e. The summed E-state index contributed by atoms with van der Waals surface area (Å²) in [6.07, 6.45) is 0. The number of nitrogens with zero attached hydrogens (tertiary/aromatic N) is 2. The topological polar surface area (TPSA) is 9.86 Å². The lowest BCUT2D eigenvalue weighted by molar-refractivity contribution is 1.10. The maximum atomic E-state index is 2.44. The van der Waals surface area contributed by atoms with Crippen LogP contribution < -0.4 is 0 Å². The third kappa shape index (κ3) is 6.44. The molecule has 0 bridgehead atoms. The fraction of sp³-hybridized carbons (Fsp3) is 0. The number of hydrogen-bond donors (Lipinski definition) is 0. The van der Waals surface area contributed by atoms with Crippen LogP contribution in [0.5, 0.6) is 0 Å². The summed E-state index contributed by atoms with van der Waals surface area (Å²) in [6, 6.07) is 92.9. The molecule has 0 unspecified atom stereocenters. The maximum absolute atomic E-state index is 2.44. The van der Waals surface area contributed by atoms with E-state index < -0.39 is 0 Å². The summed E-state index contributed by atoms with van der Waals surface area (Å²) in [4.78, 5) is 0. The van der Waals surface area contributed by atoms with E-state index in [0.29, 0.717) is 0 Å². The second-order valence-corrected chi connectivity index (χ2v) is 16.5. The van der Waals surface area contributed by atoms with Crippen molar-refractivity contribution in [3.05, 3.63) is 255 Å². The lowest BCUT2D eigenvalue weighted by atomic mass is 9.85. The Hall–Kier alpha value is -8.46. The van der Waals surface area contributed by atoms with Crippen molar-refractivity contribution >= 4 is 32.3 Å². The van der Waals surface area contributed by atoms with Crippen LogP contribution in [0.25, 0.3) is 111 Å². The molecule has 0 amide bonds. The van der Waals surface area contributed by atoms with Gasteiger partial charge in [0.15, 0.2) is 0 Å². The predicted molar refractivity (Wildman–Crippen MR) is 270 cm³/mol. The van der Waals surface area contributed by atoms with Gasteiger partial charge < -0.3 is 9.13 Å². The molecule has 0 spiro atoms. The van der Waals surface area contributed by atoms with Crippen molar-refractivity contribution in [3.8, 4) is 78.7 Å². The molecular formula is C62H42N2. The van der Waals surface area contributed by atoms with E-state index in [2.05, 4.69) is 264 Å². The van der Waals surface area contributed by atoms with E-state index in [4.69, 9.17) is 0 Å². The van der Waals surface area contributed by atoms with Crippen molar-refractivity contribution in [2.75, 3.05) is 0 Å². The van der Waals surface area contributed by atoms with Gasteiger partial charge in [0.2, 0.25) is 0 Å². The zero-order chi connectivity index (χ0) is 42.4. The highest BCUT2D eigenvalue weighted by Crippen LogP contribution is 2.47. The summed E-state index contributed by atoms with van der Waals surface area (Å²) in [5.41, 5.74) is 16.3. The minimum absolute atomic E-state index is 1.11. The van der Waals surface area contributed by atoms with Crippen LogP contribution in [0, 0.1) is 0 Å². The highest BCUT2D eigenvalue weighted by atomic mass is 15.0. The summed E-state index contributed by atoms with van der Waals surface area (Å²) in [6.45, 7) is 0. The van der Waals surface area contributed by atoms with Crippen LogP contribution in [0.15, 0.2) is 255 Å². The first kappa shape index (κ1) is 37.3. The summed E-state index contributed by atoms with van der Waals surface area (Å²) < 4.78 is 4.87. The van der Waals surface area contributed by atoms with Crippen LogP contribution in [-0.4, -0.2) is 9.13 Å². The van der Waals surface area contributed by atoms with Gasteiger partial charge in [0.1, 0.15) is 0 Å². The minimum atomic E-state index is 1.11. The number of hydrogen-bond acceptors (Lipinski definition) is 0. The van der Waals surface area contributed by atoms with Gasteiger partial charge in [0, 0.05) is 11.4 Å². The van der Waals surface area contributed by atoms with Crippen molar-refractivity contribution in [3.63, 3.8) is 0 Å². The molecule has 12 aromatic rings. The van der Waals surface area contributed by atoms with Crippen molar-refractivity contribution in [1.82, 2.24) is 9.13 Å². The second kappa shape index (κ2) is 15.8. The van der Waals surface area contributed by atoms with E-state index in [-0.39, 0.29) is 0 Å². The number of rotatable bonds is 8. The largest absolute Gasteiger partial charge is 0.309 e. The SMILES string of the molecule is c1ccc(-c2c3ccc(-n4c(-c5ccccc5)ccc4-c4ccccc4)cc3c(-c3ccc4ccccc4c3)c3ccc(-n4c(-c5ccccc5)ccc4-c4ccccc4)cc23)cc1. The molecule has 2 heterocycles. The molecule has 0 saturated heterocycles. The van der Waals surface area contributed by atoms with Gasteiger partial charge >= 0.3 is 0 Å². The molecule has 0 radical (unpaired) electrons. The number of benzene rings is 10. The van der Waals surface area contributed by atoms with Gasteiger partial charge in [-0.25, -0.2) is 0 Å². The van der Waals surface area contributed by atoms with Gasteiger partial charge in [-0.15, -0.1) is 0 Å². The van der Waals surface area contributed by atoms with Crippen molar-refractivity contribution in [2.24, 2.45) is 0 Å². The molecular weight excluding hydrogens is 773 g/mol. The van der Waals surface area contributed by atoms with Gasteiger partial charge in [-0.1, -0.05) is 200 Å². The Morgan fingerprint density at radius 3 is 0.953 bits per heavy atom. The van der Waals surface area contributed by atoms with Crippen molar-refractivity contribution < 1.29 is 0 Å². The normalized spacial score (nSPS) is 11.4. The van der Waals surface area contributed by atoms with Crippen LogP contribution in [-0.2, 0) is 0 Å². The van der Waals surface area contributed by atoms with Crippen LogP contribution in [0.3, 0.4) is 0 Å². The van der Waals surface area contributed by atoms with Crippen LogP contribution in [0.1, 0.15) is 0 Å². The molecule has 0 aliphatic carbocycles. The first-order chi connectivity index (χ1) is 31.8. The fourth-order valence-corrected chi connectivity index (χ4v) is 9.82. The minimum Gasteiger partial charge on any atom is -0.309 e. The molecule has 0 saturated carbocycles. The van der Waals surface area contributed by atoms with Crippen molar-refractivity contribution in [1.29, 1.82) is 0 Å². The van der Waals surface area contributed by atoms with E-state index in [9.17, 15) is 0 Å². The Morgan fingerprint density at radius 1 is 0.203 bits per heavy atom. The molecule has 2 heteroatoms. The van der Waals surface area contributed by atoms with Gasteiger partial charge in [0.25, 0.3) is 0 Å². The Balaban J connectivity index is 1.19. The highest BCUT2D eigenvalue weighted by Gasteiger charge is 2.22. The average molecular weight is 815 g/mol. The number of fused-ring (bicyclic) bond motifs is 3. The molecule has 0 aliphatic rings. The standard InChI is InChI=1S/C62H42N2/c1-6-19-44(20-7-1)57-36-37-58(45-21-8-2-9-22-45)63(57)51-33-35-54-55(41-51)61(48-27-14-5-15-28-48)53-34-32-52(42-56(53)62(54)50-31-30-43-18-16-17-29-49(43)40-50)64-59(46-23-10-3-11-24-46)38-39-60(64)47-25-12-4-13-26-47/h1-42H. The Kier molecular flexibility index (Phi) is 9.20. The second-order valence-electron chi connectivity index (χ2n) is 16.5. The lowest BCUT2D eigenvalue weighted by Gasteiger charge is -2.22. The van der Waals surface area contributed by atoms with Crippen LogP contribution in [0.4, 0.5) is 0 Å². The molecule has 12 rings (SSSR count). The molecule has 2 nitrogen and oxygen atoms in total. The molecule has 300 valence electrons. The van der Waals surface area contributed by atoms with Crippen molar-refractivity contribution in [2.45, 2.75) is 0 Å². The summed E-state index contributed by atoms with van der Waals surface area (Å²) >= 11 is 0. The zero-order valence-electron chi connectivity index (χ0n) is 35.1. The van der Waals surface area contributed by atoms with Gasteiger partial charge in [0.05, 0.1) is 22.8 Å². The van der Waals surface area contributed by atoms with E-state index in [0.717, 1.165) is 34.2 Å². The first-order valence-electron chi connectivity index (χ1n) is 22.0. The molecule has 10 aromatic carbocycles. The molecule has 0 atom stereocenters. The predicted octanol–water partition coefficient (Wildman–Crippen LogP) is 16.7. The smallest absolute Gasteiger partial charge is 0.0535 e. The molecule has 0 aliphatic heterocycles. The van der Waals surface area contributed by atoms with Gasteiger partial charge in [-0.2, -0.15) is 0 Å². The Labute approximate surface area is 373 Å². The highest BCUT2D eigenvalue weighted by molar-refractivity contribution is 6.22. The Bertz CT molecular complexity index is 3510. The third-order valence-corrected chi connectivity index (χ3v) is 12.7. The lowest BCUT2D eigenvalue weighted by Crippen LogP contribution is -2.02. The van der Waals surface area contributed by atoms with Gasteiger partial charge in [-0.3, -0.25) is 0 Å². The zero-order valence-corrected chi connectivity index (χ0v) is 35.1. The molecule has 0 N–H and O–H groups in total. The fourth-order valence-electron chi connectivity index (χ4n) is 9.82. The summed E-state index contributed by atoms with van der Waals surface area (Å²) in [7, 11) is 0. The van der Waals surface area contributed by atoms with E-state index in [1.54, 1.807) is 0 Å². The molecule has 0 fully saturated rings. The van der Waals surface area contributed by atoms with E-state index in [1.165, 1.54) is 76.8 Å². The molecule has 64 heavy (non-hydrogen) atoms. The quantitative estimate of drug-likeness (QED) is 0.135. The van der Waals surface area contributed by atoms with E-state index in [1.807, 2.05) is 0 Å². The molecule has 2 aromatic heterocycles. The third-order valence-electron chi connectivity index (χ3n) is 12.7. The monoisotopic (exact) mass is 814 g/mol. The van der Waals surface area contributed by atoms with E-state index >= 15 is 0 Å². The first-order valence-corrected chi connectivity index (χ1v) is 22.0. The van der Waals surface area contributed by atoms with Crippen LogP contribution >= 0.6 is 0 Å². The Morgan fingerprint density at radius 2 is 0.547 bits per heavy atom. The van der Waals surface area contributed by atoms with Gasteiger partial charge in [-0.05, 0) is 131 Å². The van der Waals surface area contributed by atoms with Crippen LogP contribution in [0.2, 0.25) is 0 Å². The summed E-state index contributed by atoms with van der Waals surface area (Å²) in [5.74, 6) is 0. The average Bonchev–Trinajstić information content (AvgIpc) is 4.03.